The second-order valence-corrected chi connectivity index (χ2v) is 5.22. The molecule has 7 heteroatoms. The van der Waals surface area contributed by atoms with Crippen LogP contribution in [0.1, 0.15) is 6.42 Å². The molecule has 2 aromatic rings. The average Bonchev–Trinajstić information content (AvgIpc) is 2.88. The number of carbonyl (C=O) groups is 2. The summed E-state index contributed by atoms with van der Waals surface area (Å²) in [6.07, 6.45) is 3.32. The summed E-state index contributed by atoms with van der Waals surface area (Å²) < 4.78 is 13.3. The second kappa shape index (κ2) is 6.43. The van der Waals surface area contributed by atoms with Crippen LogP contribution in [0.2, 0.25) is 0 Å². The van der Waals surface area contributed by atoms with E-state index in [9.17, 15) is 14.0 Å². The lowest BCUT2D eigenvalue weighted by molar-refractivity contribution is -0.117. The average molecular weight is 314 g/mol. The molecule has 2 N–H and O–H groups in total. The quantitative estimate of drug-likeness (QED) is 0.911. The van der Waals surface area contributed by atoms with Gasteiger partial charge in [-0.25, -0.2) is 9.18 Å². The fourth-order valence-electron chi connectivity index (χ4n) is 2.49. The van der Waals surface area contributed by atoms with Crippen molar-refractivity contribution in [3.8, 4) is 0 Å². The first-order valence-electron chi connectivity index (χ1n) is 7.15. The molecular weight excluding hydrogens is 299 g/mol. The van der Waals surface area contributed by atoms with Gasteiger partial charge in [0.25, 0.3) is 0 Å². The zero-order chi connectivity index (χ0) is 16.2. The number of nitrogens with zero attached hydrogens (tertiary/aromatic N) is 2. The predicted molar refractivity (Wildman–Crippen MR) is 83.5 cm³/mol. The third-order valence-electron chi connectivity index (χ3n) is 3.52. The molecule has 1 unspecified atom stereocenters. The van der Waals surface area contributed by atoms with E-state index >= 15 is 0 Å². The summed E-state index contributed by atoms with van der Waals surface area (Å²) in [5.74, 6) is -0.549. The van der Waals surface area contributed by atoms with Crippen LogP contribution in [0.15, 0.2) is 48.8 Å². The minimum absolute atomic E-state index is 0.148. The highest BCUT2D eigenvalue weighted by Crippen LogP contribution is 2.22. The van der Waals surface area contributed by atoms with Crippen molar-refractivity contribution in [2.75, 3.05) is 16.8 Å². The van der Waals surface area contributed by atoms with Crippen molar-refractivity contribution in [2.24, 2.45) is 0 Å². The molecular formula is C16H15FN4O2. The van der Waals surface area contributed by atoms with Gasteiger partial charge in [-0.15, -0.1) is 0 Å². The Labute approximate surface area is 132 Å². The van der Waals surface area contributed by atoms with Gasteiger partial charge in [-0.2, -0.15) is 0 Å². The zero-order valence-electron chi connectivity index (χ0n) is 12.2. The number of halogens is 1. The monoisotopic (exact) mass is 314 g/mol. The SMILES string of the molecule is O=C(Nc1ccncc1)NC1CC(=O)N(c2cccc(F)c2)C1. The summed E-state index contributed by atoms with van der Waals surface area (Å²) in [4.78, 5) is 29.3. The minimum atomic E-state index is -0.401. The van der Waals surface area contributed by atoms with Gasteiger partial charge in [-0.1, -0.05) is 6.07 Å². The van der Waals surface area contributed by atoms with Crippen molar-refractivity contribution in [3.63, 3.8) is 0 Å². The number of carbonyl (C=O) groups excluding carboxylic acids is 2. The second-order valence-electron chi connectivity index (χ2n) is 5.22. The molecule has 0 saturated carbocycles. The van der Waals surface area contributed by atoms with E-state index in [-0.39, 0.29) is 18.4 Å². The molecule has 1 aromatic heterocycles. The first kappa shape index (κ1) is 15.0. The van der Waals surface area contributed by atoms with E-state index in [1.54, 1.807) is 36.7 Å². The molecule has 118 valence electrons. The third-order valence-corrected chi connectivity index (χ3v) is 3.52. The summed E-state index contributed by atoms with van der Waals surface area (Å²) in [5, 5.41) is 5.41. The molecule has 2 heterocycles. The molecule has 0 bridgehead atoms. The highest BCUT2D eigenvalue weighted by Gasteiger charge is 2.31. The van der Waals surface area contributed by atoms with Crippen molar-refractivity contribution < 1.29 is 14.0 Å². The highest BCUT2D eigenvalue weighted by atomic mass is 19.1. The molecule has 1 aliphatic rings. The molecule has 1 saturated heterocycles. The van der Waals surface area contributed by atoms with Gasteiger partial charge in [0.15, 0.2) is 0 Å². The van der Waals surface area contributed by atoms with Gasteiger partial charge in [0.1, 0.15) is 5.82 Å². The first-order chi connectivity index (χ1) is 11.1. The highest BCUT2D eigenvalue weighted by molar-refractivity contribution is 5.97. The Kier molecular flexibility index (Phi) is 4.18. The first-order valence-corrected chi connectivity index (χ1v) is 7.15. The van der Waals surface area contributed by atoms with Gasteiger partial charge in [0, 0.05) is 36.7 Å². The summed E-state index contributed by atoms with van der Waals surface area (Å²) in [7, 11) is 0. The van der Waals surface area contributed by atoms with E-state index in [2.05, 4.69) is 15.6 Å². The topological polar surface area (TPSA) is 74.3 Å². The van der Waals surface area contributed by atoms with Crippen LogP contribution >= 0.6 is 0 Å². The maximum Gasteiger partial charge on any atom is 0.319 e. The molecule has 1 aromatic carbocycles. The summed E-state index contributed by atoms with van der Waals surface area (Å²) >= 11 is 0. The standard InChI is InChI=1S/C16H15FN4O2/c17-11-2-1-3-14(8-11)21-10-13(9-15(21)22)20-16(23)19-12-4-6-18-7-5-12/h1-8,13H,9-10H2,(H2,18,19,20,23). The number of aromatic nitrogens is 1. The van der Waals surface area contributed by atoms with Crippen LogP contribution in [0.3, 0.4) is 0 Å². The van der Waals surface area contributed by atoms with Crippen LogP contribution in [-0.2, 0) is 4.79 Å². The fraction of sp³-hybridized carbons (Fsp3) is 0.188. The van der Waals surface area contributed by atoms with Crippen LogP contribution in [-0.4, -0.2) is 29.5 Å². The molecule has 3 amide bonds. The van der Waals surface area contributed by atoms with Crippen LogP contribution in [0.5, 0.6) is 0 Å². The molecule has 0 radical (unpaired) electrons. The Morgan fingerprint density at radius 3 is 2.78 bits per heavy atom. The van der Waals surface area contributed by atoms with Crippen molar-refractivity contribution in [3.05, 3.63) is 54.6 Å². The predicted octanol–water partition coefficient (Wildman–Crippen LogP) is 2.15. The molecule has 1 aliphatic heterocycles. The number of hydrogen-bond donors (Lipinski definition) is 2. The van der Waals surface area contributed by atoms with Gasteiger partial charge in [-0.3, -0.25) is 9.78 Å². The molecule has 1 fully saturated rings. The summed E-state index contributed by atoms with van der Waals surface area (Å²) in [6, 6.07) is 8.45. The van der Waals surface area contributed by atoms with Gasteiger partial charge in [0.05, 0.1) is 6.04 Å². The van der Waals surface area contributed by atoms with Gasteiger partial charge < -0.3 is 15.5 Å². The Morgan fingerprint density at radius 1 is 1.26 bits per heavy atom. The maximum absolute atomic E-state index is 13.3. The number of rotatable bonds is 3. The van der Waals surface area contributed by atoms with E-state index in [1.165, 1.54) is 17.0 Å². The van der Waals surface area contributed by atoms with Crippen molar-refractivity contribution in [1.29, 1.82) is 0 Å². The summed E-state index contributed by atoms with van der Waals surface area (Å²) in [6.45, 7) is 0.312. The third kappa shape index (κ3) is 3.63. The van der Waals surface area contributed by atoms with Gasteiger partial charge >= 0.3 is 6.03 Å². The molecule has 0 spiro atoms. The number of benzene rings is 1. The Hall–Kier alpha value is -2.96. The van der Waals surface area contributed by atoms with Crippen LogP contribution in [0.4, 0.5) is 20.6 Å². The maximum atomic E-state index is 13.3. The lowest BCUT2D eigenvalue weighted by Gasteiger charge is -2.17. The Morgan fingerprint density at radius 2 is 2.04 bits per heavy atom. The number of hydrogen-bond acceptors (Lipinski definition) is 3. The van der Waals surface area contributed by atoms with E-state index in [0.29, 0.717) is 17.9 Å². The largest absolute Gasteiger partial charge is 0.333 e. The molecule has 0 aliphatic carbocycles. The Balaban J connectivity index is 1.60. The molecule has 6 nitrogen and oxygen atoms in total. The molecule has 23 heavy (non-hydrogen) atoms. The molecule has 1 atom stereocenters. The number of anilines is 2. The Bertz CT molecular complexity index is 723. The lowest BCUT2D eigenvalue weighted by atomic mass is 10.2. The zero-order valence-corrected chi connectivity index (χ0v) is 12.2. The number of nitrogens with one attached hydrogen (secondary N) is 2. The minimum Gasteiger partial charge on any atom is -0.333 e. The lowest BCUT2D eigenvalue weighted by Crippen LogP contribution is -2.39. The fourth-order valence-corrected chi connectivity index (χ4v) is 2.49. The number of urea groups is 1. The van der Waals surface area contributed by atoms with Crippen LogP contribution in [0, 0.1) is 5.82 Å². The van der Waals surface area contributed by atoms with Crippen molar-refractivity contribution >= 4 is 23.3 Å². The van der Waals surface area contributed by atoms with E-state index in [0.717, 1.165) is 0 Å². The van der Waals surface area contributed by atoms with Gasteiger partial charge in [0.2, 0.25) is 5.91 Å². The normalized spacial score (nSPS) is 17.2. The van der Waals surface area contributed by atoms with E-state index < -0.39 is 11.8 Å². The van der Waals surface area contributed by atoms with Crippen molar-refractivity contribution in [2.45, 2.75) is 12.5 Å². The number of amides is 3. The smallest absolute Gasteiger partial charge is 0.319 e. The van der Waals surface area contributed by atoms with Crippen LogP contribution in [0.25, 0.3) is 0 Å². The van der Waals surface area contributed by atoms with Gasteiger partial charge in [-0.05, 0) is 30.3 Å². The van der Waals surface area contributed by atoms with Crippen molar-refractivity contribution in [1.82, 2.24) is 10.3 Å². The van der Waals surface area contributed by atoms with E-state index in [1.807, 2.05) is 0 Å². The molecule has 3 rings (SSSR count). The summed E-state index contributed by atoms with van der Waals surface area (Å²) in [5.41, 5.74) is 1.11. The van der Waals surface area contributed by atoms with Crippen LogP contribution < -0.4 is 15.5 Å². The number of pyridine rings is 1. The van der Waals surface area contributed by atoms with E-state index in [4.69, 9.17) is 0 Å².